The van der Waals surface area contributed by atoms with E-state index in [1.165, 1.54) is 6.92 Å². The van der Waals surface area contributed by atoms with Crippen molar-refractivity contribution in [3.63, 3.8) is 0 Å². The van der Waals surface area contributed by atoms with Gasteiger partial charge in [-0.3, -0.25) is 10.1 Å². The molecule has 1 heterocycles. The van der Waals surface area contributed by atoms with Gasteiger partial charge in [0.1, 0.15) is 6.04 Å². The molecular weight excluding hydrogens is 270 g/mol. The van der Waals surface area contributed by atoms with Crippen LogP contribution in [0.2, 0.25) is 5.02 Å². The van der Waals surface area contributed by atoms with Gasteiger partial charge in [0.15, 0.2) is 0 Å². The molecule has 2 aromatic rings. The van der Waals surface area contributed by atoms with Crippen molar-refractivity contribution < 1.29 is 14.4 Å². The molecule has 0 spiro atoms. The van der Waals surface area contributed by atoms with Crippen molar-refractivity contribution in [2.24, 2.45) is 0 Å². The Morgan fingerprint density at radius 2 is 2.26 bits per heavy atom. The Morgan fingerprint density at radius 3 is 2.95 bits per heavy atom. The monoisotopic (exact) mass is 281 g/mol. The number of hydrogen-bond acceptors (Lipinski definition) is 5. The maximum atomic E-state index is 10.6. The van der Waals surface area contributed by atoms with E-state index in [0.717, 1.165) is 0 Å². The maximum absolute atomic E-state index is 10.6. The number of carbonyl (C=O) groups is 1. The van der Waals surface area contributed by atoms with E-state index < -0.39 is 12.0 Å². The molecule has 6 nitrogen and oxygen atoms in total. The number of benzene rings is 1. The Hall–Kier alpha value is -1.92. The number of aliphatic carboxylic acids is 1. The summed E-state index contributed by atoms with van der Waals surface area (Å²) in [5.74, 6) is -0.251. The number of carboxylic acid groups (broad SMARTS) is 1. The molecule has 0 fully saturated rings. The summed E-state index contributed by atoms with van der Waals surface area (Å²) in [6.45, 7) is 1.72. The van der Waals surface area contributed by atoms with Gasteiger partial charge in [0, 0.05) is 5.56 Å². The highest BCUT2D eigenvalue weighted by atomic mass is 35.5. The summed E-state index contributed by atoms with van der Waals surface area (Å²) in [6, 6.07) is 6.46. The summed E-state index contributed by atoms with van der Waals surface area (Å²) >= 11 is 6.02. The number of halogens is 1. The van der Waals surface area contributed by atoms with Gasteiger partial charge in [-0.1, -0.05) is 28.9 Å². The van der Waals surface area contributed by atoms with E-state index >= 15 is 0 Å². The summed E-state index contributed by atoms with van der Waals surface area (Å²) in [7, 11) is 0. The summed E-state index contributed by atoms with van der Waals surface area (Å²) in [6.07, 6.45) is 0. The third-order valence-corrected chi connectivity index (χ3v) is 2.84. The van der Waals surface area contributed by atoms with Gasteiger partial charge in [0.05, 0.1) is 11.6 Å². The Bertz CT molecular complexity index is 585. The number of carboxylic acids is 1. The van der Waals surface area contributed by atoms with Crippen LogP contribution in [0.5, 0.6) is 0 Å². The third-order valence-electron chi connectivity index (χ3n) is 2.51. The Kier molecular flexibility index (Phi) is 4.13. The van der Waals surface area contributed by atoms with Crippen LogP contribution in [0.4, 0.5) is 0 Å². The van der Waals surface area contributed by atoms with E-state index in [9.17, 15) is 4.79 Å². The summed E-state index contributed by atoms with van der Waals surface area (Å²) in [5.41, 5.74) is 0.672. The molecule has 19 heavy (non-hydrogen) atoms. The largest absolute Gasteiger partial charge is 0.480 e. The number of aromatic nitrogens is 2. The molecule has 0 radical (unpaired) electrons. The van der Waals surface area contributed by atoms with Crippen molar-refractivity contribution in [1.29, 1.82) is 0 Å². The van der Waals surface area contributed by atoms with E-state index in [-0.39, 0.29) is 6.54 Å². The lowest BCUT2D eigenvalue weighted by Crippen LogP contribution is -2.33. The average molecular weight is 282 g/mol. The first-order valence-electron chi connectivity index (χ1n) is 5.61. The van der Waals surface area contributed by atoms with Crippen LogP contribution in [0.3, 0.4) is 0 Å². The van der Waals surface area contributed by atoms with Gasteiger partial charge in [0.2, 0.25) is 11.7 Å². The van der Waals surface area contributed by atoms with Crippen LogP contribution < -0.4 is 5.32 Å². The molecule has 1 aromatic heterocycles. The lowest BCUT2D eigenvalue weighted by atomic mass is 10.2. The Balaban J connectivity index is 2.08. The van der Waals surface area contributed by atoms with Crippen LogP contribution in [-0.2, 0) is 11.3 Å². The topological polar surface area (TPSA) is 88.3 Å². The standard InChI is InChI=1S/C12H12ClN3O3/c1-7(12(17)18)14-6-10-15-11(16-19-10)8-4-2-3-5-9(8)13/h2-5,7,14H,6H2,1H3,(H,17,18)/t7-/m0/s1. The molecule has 100 valence electrons. The minimum absolute atomic E-state index is 0.185. The Labute approximate surface area is 114 Å². The van der Waals surface area contributed by atoms with Crippen molar-refractivity contribution >= 4 is 17.6 Å². The highest BCUT2D eigenvalue weighted by Gasteiger charge is 2.14. The number of hydrogen-bond donors (Lipinski definition) is 2. The van der Waals surface area contributed by atoms with Gasteiger partial charge in [-0.15, -0.1) is 0 Å². The van der Waals surface area contributed by atoms with Crippen molar-refractivity contribution in [2.45, 2.75) is 19.5 Å². The molecule has 0 bridgehead atoms. The predicted molar refractivity (Wildman–Crippen MR) is 68.7 cm³/mol. The molecule has 1 aromatic carbocycles. The summed E-state index contributed by atoms with van der Waals surface area (Å²) < 4.78 is 5.03. The molecule has 0 aliphatic rings. The van der Waals surface area contributed by atoms with Crippen LogP contribution in [-0.4, -0.2) is 27.3 Å². The zero-order valence-electron chi connectivity index (χ0n) is 10.1. The third kappa shape index (κ3) is 3.30. The Morgan fingerprint density at radius 1 is 1.53 bits per heavy atom. The quantitative estimate of drug-likeness (QED) is 0.871. The molecule has 1 atom stereocenters. The van der Waals surface area contributed by atoms with Crippen LogP contribution >= 0.6 is 11.6 Å². The molecule has 0 unspecified atom stereocenters. The first-order chi connectivity index (χ1) is 9.08. The van der Waals surface area contributed by atoms with Crippen LogP contribution in [0.25, 0.3) is 11.4 Å². The van der Waals surface area contributed by atoms with Crippen LogP contribution in [0, 0.1) is 0 Å². The maximum Gasteiger partial charge on any atom is 0.320 e. The van der Waals surface area contributed by atoms with Gasteiger partial charge < -0.3 is 9.63 Å². The molecule has 0 saturated carbocycles. The average Bonchev–Trinajstić information content (AvgIpc) is 2.85. The molecule has 2 N–H and O–H groups in total. The van der Waals surface area contributed by atoms with Gasteiger partial charge in [-0.25, -0.2) is 0 Å². The minimum Gasteiger partial charge on any atom is -0.480 e. The van der Waals surface area contributed by atoms with E-state index in [2.05, 4.69) is 15.5 Å². The fourth-order valence-corrected chi connectivity index (χ4v) is 1.63. The summed E-state index contributed by atoms with van der Waals surface area (Å²) in [4.78, 5) is 14.8. The second-order valence-electron chi connectivity index (χ2n) is 3.93. The van der Waals surface area contributed by atoms with Gasteiger partial charge in [-0.05, 0) is 19.1 Å². The van der Waals surface area contributed by atoms with Crippen molar-refractivity contribution in [2.75, 3.05) is 0 Å². The highest BCUT2D eigenvalue weighted by molar-refractivity contribution is 6.33. The van der Waals surface area contributed by atoms with Gasteiger partial charge in [0.25, 0.3) is 0 Å². The summed E-state index contributed by atoms with van der Waals surface area (Å²) in [5, 5.41) is 15.8. The van der Waals surface area contributed by atoms with E-state index in [0.29, 0.717) is 22.3 Å². The van der Waals surface area contributed by atoms with E-state index in [4.69, 9.17) is 21.2 Å². The second kappa shape index (κ2) is 5.81. The normalized spacial score (nSPS) is 12.3. The van der Waals surface area contributed by atoms with E-state index in [1.54, 1.807) is 12.1 Å². The number of nitrogens with zero attached hydrogens (tertiary/aromatic N) is 2. The number of nitrogens with one attached hydrogen (secondary N) is 1. The molecule has 7 heteroatoms. The zero-order valence-corrected chi connectivity index (χ0v) is 10.9. The van der Waals surface area contributed by atoms with Crippen molar-refractivity contribution in [3.05, 3.63) is 35.2 Å². The SMILES string of the molecule is C[C@H](NCc1nc(-c2ccccc2Cl)no1)C(=O)O. The highest BCUT2D eigenvalue weighted by Crippen LogP contribution is 2.24. The smallest absolute Gasteiger partial charge is 0.320 e. The molecule has 0 amide bonds. The van der Waals surface area contributed by atoms with Crippen molar-refractivity contribution in [1.82, 2.24) is 15.5 Å². The predicted octanol–water partition coefficient (Wildman–Crippen LogP) is 1.95. The number of rotatable bonds is 5. The molecule has 2 rings (SSSR count). The van der Waals surface area contributed by atoms with Crippen molar-refractivity contribution in [3.8, 4) is 11.4 Å². The van der Waals surface area contributed by atoms with Crippen LogP contribution in [0.1, 0.15) is 12.8 Å². The zero-order chi connectivity index (χ0) is 13.8. The first-order valence-corrected chi connectivity index (χ1v) is 5.99. The lowest BCUT2D eigenvalue weighted by molar-refractivity contribution is -0.139. The lowest BCUT2D eigenvalue weighted by Gasteiger charge is -2.05. The van der Waals surface area contributed by atoms with Gasteiger partial charge in [-0.2, -0.15) is 4.98 Å². The molecule has 0 aliphatic heterocycles. The van der Waals surface area contributed by atoms with E-state index in [1.807, 2.05) is 12.1 Å². The van der Waals surface area contributed by atoms with Crippen LogP contribution in [0.15, 0.2) is 28.8 Å². The molecule has 0 saturated heterocycles. The molecular formula is C12H12ClN3O3. The first kappa shape index (κ1) is 13.5. The fraction of sp³-hybridized carbons (Fsp3) is 0.250. The second-order valence-corrected chi connectivity index (χ2v) is 4.34. The molecule has 0 aliphatic carbocycles. The minimum atomic E-state index is -0.939. The fourth-order valence-electron chi connectivity index (χ4n) is 1.41. The van der Waals surface area contributed by atoms with Gasteiger partial charge >= 0.3 is 5.97 Å².